The third-order valence-electron chi connectivity index (χ3n) is 5.03. The molecule has 1 aromatic rings. The summed E-state index contributed by atoms with van der Waals surface area (Å²) in [5, 5.41) is 0. The van der Waals surface area contributed by atoms with Crippen molar-refractivity contribution in [2.45, 2.75) is 46.5 Å². The van der Waals surface area contributed by atoms with Gasteiger partial charge in [0.2, 0.25) is 11.8 Å². The molecule has 1 aliphatic rings. The zero-order chi connectivity index (χ0) is 15.8. The highest BCUT2D eigenvalue weighted by Crippen LogP contribution is 2.41. The molecule has 1 atom stereocenters. The highest BCUT2D eigenvalue weighted by molar-refractivity contribution is 5.99. The van der Waals surface area contributed by atoms with Crippen molar-refractivity contribution in [2.24, 2.45) is 22.8 Å². The van der Waals surface area contributed by atoms with Crippen LogP contribution in [0.2, 0.25) is 0 Å². The summed E-state index contributed by atoms with van der Waals surface area (Å²) >= 11 is 0. The van der Waals surface area contributed by atoms with Crippen molar-refractivity contribution in [3.05, 3.63) is 34.4 Å². The monoisotopic (exact) mass is 288 g/mol. The molecule has 2 rings (SSSR count). The second-order valence-corrected chi connectivity index (χ2v) is 6.64. The molecule has 21 heavy (non-hydrogen) atoms. The van der Waals surface area contributed by atoms with E-state index < -0.39 is 11.8 Å². The van der Waals surface area contributed by atoms with Gasteiger partial charge in [0, 0.05) is 11.1 Å². The number of amides is 2. The number of primary amides is 2. The van der Waals surface area contributed by atoms with E-state index in [1.54, 1.807) is 12.1 Å². The lowest BCUT2D eigenvalue weighted by molar-refractivity contribution is 0.0986. The molecule has 0 aromatic heterocycles. The molecule has 0 aliphatic heterocycles. The first kappa shape index (κ1) is 15.5. The summed E-state index contributed by atoms with van der Waals surface area (Å²) in [6.07, 6.45) is 3.54. The Hall–Kier alpha value is -1.84. The van der Waals surface area contributed by atoms with E-state index in [4.69, 9.17) is 11.5 Å². The maximum atomic E-state index is 11.7. The number of hydrogen-bond acceptors (Lipinski definition) is 2. The number of benzene rings is 1. The highest BCUT2D eigenvalue weighted by Gasteiger charge is 2.34. The van der Waals surface area contributed by atoms with Crippen molar-refractivity contribution in [1.29, 1.82) is 0 Å². The third-order valence-corrected chi connectivity index (χ3v) is 5.03. The fourth-order valence-electron chi connectivity index (χ4n) is 3.54. The predicted molar refractivity (Wildman–Crippen MR) is 83.1 cm³/mol. The van der Waals surface area contributed by atoms with Crippen molar-refractivity contribution in [3.63, 3.8) is 0 Å². The highest BCUT2D eigenvalue weighted by atomic mass is 16.1. The molecule has 4 N–H and O–H groups in total. The van der Waals surface area contributed by atoms with E-state index >= 15 is 0 Å². The lowest BCUT2D eigenvalue weighted by Crippen LogP contribution is -2.25. The number of carbonyl (C=O) groups excluding carboxylic acids is 2. The van der Waals surface area contributed by atoms with Crippen LogP contribution in [0.1, 0.15) is 65.5 Å². The molecule has 4 heteroatoms. The second-order valence-electron chi connectivity index (χ2n) is 6.64. The first-order valence-corrected chi connectivity index (χ1v) is 7.52. The fraction of sp³-hybridized carbons (Fsp3) is 0.529. The quantitative estimate of drug-likeness (QED) is 0.837. The molecule has 2 amide bonds. The van der Waals surface area contributed by atoms with Crippen LogP contribution in [0.5, 0.6) is 0 Å². The first-order chi connectivity index (χ1) is 9.77. The minimum atomic E-state index is -0.435. The Morgan fingerprint density at radius 1 is 1.14 bits per heavy atom. The summed E-state index contributed by atoms with van der Waals surface area (Å²) in [5.41, 5.74) is 14.1. The van der Waals surface area contributed by atoms with Crippen molar-refractivity contribution >= 4 is 11.8 Å². The van der Waals surface area contributed by atoms with Crippen molar-refractivity contribution < 1.29 is 9.59 Å². The van der Waals surface area contributed by atoms with Crippen LogP contribution in [0.3, 0.4) is 0 Å². The standard InChI is InChI=1S/C17H24N2O2/c1-4-10-9-14-11(7-8-17(10,2)3)12(15(18)20)5-6-13(14)16(19)21/h5-6,10H,4,7-9H2,1-3H3,(H2,18,20)(H2,19,21). The Kier molecular flexibility index (Phi) is 4.08. The summed E-state index contributed by atoms with van der Waals surface area (Å²) in [6, 6.07) is 3.28. The predicted octanol–water partition coefficient (Wildman–Crippen LogP) is 2.43. The molecule has 1 aromatic carbocycles. The van der Waals surface area contributed by atoms with Crippen LogP contribution in [0.4, 0.5) is 0 Å². The first-order valence-electron chi connectivity index (χ1n) is 7.52. The van der Waals surface area contributed by atoms with Gasteiger partial charge in [0.1, 0.15) is 0 Å². The molecule has 0 heterocycles. The number of hydrogen-bond donors (Lipinski definition) is 2. The van der Waals surface area contributed by atoms with Crippen LogP contribution in [0.15, 0.2) is 12.1 Å². The van der Waals surface area contributed by atoms with Gasteiger partial charge < -0.3 is 11.5 Å². The largest absolute Gasteiger partial charge is 0.366 e. The SMILES string of the molecule is CCC1Cc2c(C(N)=O)ccc(C(N)=O)c2CCC1(C)C. The minimum absolute atomic E-state index is 0.164. The average molecular weight is 288 g/mol. The Bertz CT molecular complexity index is 591. The number of carbonyl (C=O) groups is 2. The molecule has 0 saturated heterocycles. The van der Waals surface area contributed by atoms with Gasteiger partial charge in [-0.25, -0.2) is 0 Å². The van der Waals surface area contributed by atoms with Crippen LogP contribution in [0, 0.1) is 11.3 Å². The number of rotatable bonds is 3. The van der Waals surface area contributed by atoms with E-state index in [1.807, 2.05) is 0 Å². The molecule has 0 spiro atoms. The lowest BCUT2D eigenvalue weighted by Gasteiger charge is -2.32. The van der Waals surface area contributed by atoms with E-state index in [2.05, 4.69) is 20.8 Å². The van der Waals surface area contributed by atoms with Gasteiger partial charge in [0.05, 0.1) is 0 Å². The molecule has 0 radical (unpaired) electrons. The summed E-state index contributed by atoms with van der Waals surface area (Å²) in [5.74, 6) is -0.410. The van der Waals surface area contributed by atoms with Gasteiger partial charge >= 0.3 is 0 Å². The van der Waals surface area contributed by atoms with Gasteiger partial charge in [0.15, 0.2) is 0 Å². The Labute approximate surface area is 125 Å². The van der Waals surface area contributed by atoms with Gasteiger partial charge in [-0.1, -0.05) is 27.2 Å². The summed E-state index contributed by atoms with van der Waals surface area (Å²) < 4.78 is 0. The Morgan fingerprint density at radius 3 is 2.14 bits per heavy atom. The molecule has 4 nitrogen and oxygen atoms in total. The van der Waals surface area contributed by atoms with Gasteiger partial charge in [0.25, 0.3) is 0 Å². The Balaban J connectivity index is 2.64. The van der Waals surface area contributed by atoms with Crippen LogP contribution in [-0.4, -0.2) is 11.8 Å². The molecular weight excluding hydrogens is 264 g/mol. The topological polar surface area (TPSA) is 86.2 Å². The fourth-order valence-corrected chi connectivity index (χ4v) is 3.54. The Morgan fingerprint density at radius 2 is 1.67 bits per heavy atom. The van der Waals surface area contributed by atoms with E-state index in [9.17, 15) is 9.59 Å². The van der Waals surface area contributed by atoms with E-state index in [1.165, 1.54) is 0 Å². The van der Waals surface area contributed by atoms with E-state index in [0.717, 1.165) is 36.8 Å². The molecule has 0 bridgehead atoms. The average Bonchev–Trinajstić information content (AvgIpc) is 2.53. The van der Waals surface area contributed by atoms with Gasteiger partial charge in [-0.15, -0.1) is 0 Å². The molecule has 114 valence electrons. The smallest absolute Gasteiger partial charge is 0.248 e. The third kappa shape index (κ3) is 2.80. The molecular formula is C17H24N2O2. The van der Waals surface area contributed by atoms with Crippen molar-refractivity contribution in [2.75, 3.05) is 0 Å². The van der Waals surface area contributed by atoms with E-state index in [-0.39, 0.29) is 5.41 Å². The molecule has 1 unspecified atom stereocenters. The second kappa shape index (κ2) is 5.51. The van der Waals surface area contributed by atoms with Crippen LogP contribution in [0.25, 0.3) is 0 Å². The molecule has 0 fully saturated rings. The van der Waals surface area contributed by atoms with Crippen LogP contribution >= 0.6 is 0 Å². The lowest BCUT2D eigenvalue weighted by atomic mass is 9.73. The van der Waals surface area contributed by atoms with Gasteiger partial charge in [-0.3, -0.25) is 9.59 Å². The van der Waals surface area contributed by atoms with Crippen LogP contribution in [-0.2, 0) is 12.8 Å². The molecule has 0 saturated carbocycles. The number of fused-ring (bicyclic) bond motifs is 1. The van der Waals surface area contributed by atoms with Crippen molar-refractivity contribution in [3.8, 4) is 0 Å². The maximum Gasteiger partial charge on any atom is 0.248 e. The minimum Gasteiger partial charge on any atom is -0.366 e. The normalized spacial score (nSPS) is 20.4. The summed E-state index contributed by atoms with van der Waals surface area (Å²) in [6.45, 7) is 6.67. The van der Waals surface area contributed by atoms with Gasteiger partial charge in [-0.2, -0.15) is 0 Å². The molecule has 1 aliphatic carbocycles. The van der Waals surface area contributed by atoms with E-state index in [0.29, 0.717) is 17.0 Å². The number of nitrogens with two attached hydrogens (primary N) is 2. The zero-order valence-corrected chi connectivity index (χ0v) is 13.0. The van der Waals surface area contributed by atoms with Gasteiger partial charge in [-0.05, 0) is 53.9 Å². The summed E-state index contributed by atoms with van der Waals surface area (Å²) in [4.78, 5) is 23.4. The summed E-state index contributed by atoms with van der Waals surface area (Å²) in [7, 11) is 0. The van der Waals surface area contributed by atoms with Crippen LogP contribution < -0.4 is 11.5 Å². The van der Waals surface area contributed by atoms with Crippen molar-refractivity contribution in [1.82, 2.24) is 0 Å². The maximum absolute atomic E-state index is 11.7. The zero-order valence-electron chi connectivity index (χ0n) is 13.0.